The Labute approximate surface area is 362 Å². The molecule has 1 aromatic heterocycles. The average Bonchev–Trinajstić information content (AvgIpc) is 3.72. The van der Waals surface area contributed by atoms with Crippen LogP contribution in [0.2, 0.25) is 0 Å². The molecule has 1 aliphatic carbocycles. The van der Waals surface area contributed by atoms with Crippen LogP contribution in [0.5, 0.6) is 0 Å². The highest BCUT2D eigenvalue weighted by atomic mass is 32.1. The Morgan fingerprint density at radius 3 is 1.80 bits per heavy atom. The molecule has 0 saturated heterocycles. The highest BCUT2D eigenvalue weighted by molar-refractivity contribution is 7.33. The van der Waals surface area contributed by atoms with Crippen LogP contribution < -0.4 is 30.4 Å². The van der Waals surface area contributed by atoms with Gasteiger partial charge in [-0.25, -0.2) is 0 Å². The van der Waals surface area contributed by atoms with Gasteiger partial charge >= 0.3 is 0 Å². The molecule has 3 heterocycles. The fourth-order valence-corrected chi connectivity index (χ4v) is 11.7. The summed E-state index contributed by atoms with van der Waals surface area (Å²) >= 11 is 1.96. The molecular formula is C56H44BN3S. The zero-order valence-electron chi connectivity index (χ0n) is 34.0. The molecule has 0 N–H and O–H groups in total. The van der Waals surface area contributed by atoms with Gasteiger partial charge in [-0.15, -0.1) is 11.3 Å². The number of hydrogen-bond acceptors (Lipinski definition) is 4. The van der Waals surface area contributed by atoms with Crippen molar-refractivity contribution in [2.45, 2.75) is 38.0 Å². The molecule has 0 bridgehead atoms. The van der Waals surface area contributed by atoms with E-state index in [0.717, 1.165) is 17.1 Å². The second kappa shape index (κ2) is 15.0. The lowest BCUT2D eigenvalue weighted by Gasteiger charge is -2.44. The Morgan fingerprint density at radius 1 is 0.475 bits per heavy atom. The van der Waals surface area contributed by atoms with Gasteiger partial charge in [-0.2, -0.15) is 0 Å². The van der Waals surface area contributed by atoms with Gasteiger partial charge < -0.3 is 14.7 Å². The number of para-hydroxylation sites is 3. The van der Waals surface area contributed by atoms with Crippen LogP contribution in [-0.4, -0.2) is 6.71 Å². The van der Waals surface area contributed by atoms with Gasteiger partial charge in [-0.3, -0.25) is 0 Å². The summed E-state index contributed by atoms with van der Waals surface area (Å²) in [5.41, 5.74) is 17.5. The van der Waals surface area contributed by atoms with Crippen molar-refractivity contribution in [2.75, 3.05) is 14.7 Å². The lowest BCUT2D eigenvalue weighted by atomic mass is 9.36. The molecule has 2 aliphatic heterocycles. The fourth-order valence-electron chi connectivity index (χ4n) is 10.4. The molecule has 61 heavy (non-hydrogen) atoms. The lowest BCUT2D eigenvalue weighted by Crippen LogP contribution is -2.60. The standard InChI is InChI=1S/C56H44BN3S/c1-6-19-39(20-7-1)41-23-18-30-46(35-41)60-52-37-42(40-21-8-2-9-22-40)36-51-54(52)57(56-55(60)48-31-16-17-32-53(48)61-56)49-34-33-47(38-50(49)59(51)45-28-14-5-15-29-45)58(43-24-10-3-11-25-43)44-26-12-4-13-27-44/h1,3-7,10-20,23-38,40H,2,8-9,21-22H2. The van der Waals surface area contributed by atoms with Gasteiger partial charge in [0.15, 0.2) is 0 Å². The predicted molar refractivity (Wildman–Crippen MR) is 262 cm³/mol. The van der Waals surface area contributed by atoms with Gasteiger partial charge in [0.1, 0.15) is 0 Å². The van der Waals surface area contributed by atoms with Crippen molar-refractivity contribution < 1.29 is 0 Å². The lowest BCUT2D eigenvalue weighted by molar-refractivity contribution is 0.444. The smallest absolute Gasteiger partial charge is 0.264 e. The van der Waals surface area contributed by atoms with Crippen molar-refractivity contribution in [1.82, 2.24) is 0 Å². The predicted octanol–water partition coefficient (Wildman–Crippen LogP) is 14.2. The van der Waals surface area contributed by atoms with E-state index in [2.05, 4.69) is 215 Å². The Hall–Kier alpha value is -6.82. The number of thiophene rings is 1. The molecule has 292 valence electrons. The molecule has 9 aromatic rings. The summed E-state index contributed by atoms with van der Waals surface area (Å²) < 4.78 is 2.72. The first-order chi connectivity index (χ1) is 30.3. The van der Waals surface area contributed by atoms with Crippen molar-refractivity contribution in [3.05, 3.63) is 206 Å². The SMILES string of the molecule is c1ccc(-c2cccc(N3c4cc(C5CCCCC5)cc5c4B(c4ccc(N(c6ccccc6)c6ccccc6)cc4N5c4ccccc4)c4sc5ccccc5c43)c2)cc1. The summed E-state index contributed by atoms with van der Waals surface area (Å²) in [7, 11) is 0. The van der Waals surface area contributed by atoms with Crippen LogP contribution >= 0.6 is 11.3 Å². The van der Waals surface area contributed by atoms with Gasteiger partial charge in [0.25, 0.3) is 6.71 Å². The normalized spacial score (nSPS) is 14.4. The molecule has 0 atom stereocenters. The van der Waals surface area contributed by atoms with Gasteiger partial charge in [0.2, 0.25) is 0 Å². The Balaban J connectivity index is 1.16. The summed E-state index contributed by atoms with van der Waals surface area (Å²) in [6, 6.07) is 74.3. The molecule has 0 radical (unpaired) electrons. The molecule has 3 nitrogen and oxygen atoms in total. The largest absolute Gasteiger partial charge is 0.311 e. The number of anilines is 9. The third-order valence-corrected chi connectivity index (χ3v) is 14.4. The van der Waals surface area contributed by atoms with E-state index in [1.165, 1.54) is 109 Å². The number of fused-ring (bicyclic) bond motifs is 6. The van der Waals surface area contributed by atoms with Gasteiger partial charge in [-0.1, -0.05) is 141 Å². The molecule has 1 saturated carbocycles. The van der Waals surface area contributed by atoms with Crippen molar-refractivity contribution in [1.29, 1.82) is 0 Å². The molecule has 0 amide bonds. The van der Waals surface area contributed by atoms with E-state index in [1.807, 2.05) is 11.3 Å². The van der Waals surface area contributed by atoms with Gasteiger partial charge in [-0.05, 0) is 125 Å². The van der Waals surface area contributed by atoms with E-state index in [1.54, 1.807) is 0 Å². The first-order valence-electron chi connectivity index (χ1n) is 21.8. The van der Waals surface area contributed by atoms with Crippen molar-refractivity contribution >= 4 is 95.0 Å². The highest BCUT2D eigenvalue weighted by Gasteiger charge is 2.46. The molecule has 3 aliphatic rings. The van der Waals surface area contributed by atoms with Crippen LogP contribution in [0, 0.1) is 0 Å². The summed E-state index contributed by atoms with van der Waals surface area (Å²) in [5, 5.41) is 1.31. The number of rotatable bonds is 7. The zero-order valence-corrected chi connectivity index (χ0v) is 34.8. The van der Waals surface area contributed by atoms with Crippen LogP contribution in [-0.2, 0) is 0 Å². The van der Waals surface area contributed by atoms with Crippen LogP contribution in [0.15, 0.2) is 200 Å². The molecule has 8 aromatic carbocycles. The first kappa shape index (κ1) is 36.1. The van der Waals surface area contributed by atoms with Gasteiger partial charge in [0, 0.05) is 60.4 Å². The van der Waals surface area contributed by atoms with Crippen LogP contribution in [0.1, 0.15) is 43.6 Å². The fraction of sp³-hybridized carbons (Fsp3) is 0.107. The number of nitrogens with zero attached hydrogens (tertiary/aromatic N) is 3. The monoisotopic (exact) mass is 801 g/mol. The third-order valence-electron chi connectivity index (χ3n) is 13.2. The van der Waals surface area contributed by atoms with Crippen molar-refractivity contribution in [3.63, 3.8) is 0 Å². The summed E-state index contributed by atoms with van der Waals surface area (Å²) in [5.74, 6) is 0.517. The molecular weight excluding hydrogens is 758 g/mol. The minimum absolute atomic E-state index is 0.0530. The second-order valence-electron chi connectivity index (χ2n) is 16.7. The Kier molecular flexibility index (Phi) is 8.88. The average molecular weight is 802 g/mol. The van der Waals surface area contributed by atoms with E-state index in [9.17, 15) is 0 Å². The summed E-state index contributed by atoms with van der Waals surface area (Å²) in [6.45, 7) is 0.0530. The van der Waals surface area contributed by atoms with Crippen LogP contribution in [0.3, 0.4) is 0 Å². The topological polar surface area (TPSA) is 9.72 Å². The number of benzene rings is 8. The maximum atomic E-state index is 2.64. The molecule has 5 heteroatoms. The molecule has 0 unspecified atom stereocenters. The van der Waals surface area contributed by atoms with Gasteiger partial charge in [0.05, 0.1) is 5.69 Å². The van der Waals surface area contributed by atoms with Crippen molar-refractivity contribution in [3.8, 4) is 11.1 Å². The first-order valence-corrected chi connectivity index (χ1v) is 22.6. The number of hydrogen-bond donors (Lipinski definition) is 0. The van der Waals surface area contributed by atoms with E-state index in [4.69, 9.17) is 0 Å². The summed E-state index contributed by atoms with van der Waals surface area (Å²) in [6.07, 6.45) is 6.35. The molecule has 12 rings (SSSR count). The maximum Gasteiger partial charge on any atom is 0.264 e. The maximum absolute atomic E-state index is 2.64. The minimum atomic E-state index is 0.0530. The second-order valence-corrected chi connectivity index (χ2v) is 17.8. The molecule has 1 fully saturated rings. The van der Waals surface area contributed by atoms with Crippen LogP contribution in [0.25, 0.3) is 21.2 Å². The van der Waals surface area contributed by atoms with Crippen LogP contribution in [0.4, 0.5) is 51.2 Å². The Bertz CT molecular complexity index is 2990. The van der Waals surface area contributed by atoms with E-state index in [0.29, 0.717) is 5.92 Å². The third kappa shape index (κ3) is 6.10. The van der Waals surface area contributed by atoms with E-state index >= 15 is 0 Å². The highest BCUT2D eigenvalue weighted by Crippen LogP contribution is 2.50. The van der Waals surface area contributed by atoms with Crippen molar-refractivity contribution in [2.24, 2.45) is 0 Å². The summed E-state index contributed by atoms with van der Waals surface area (Å²) in [4.78, 5) is 7.62. The zero-order chi connectivity index (χ0) is 40.3. The molecule has 0 spiro atoms. The minimum Gasteiger partial charge on any atom is -0.311 e. The van der Waals surface area contributed by atoms with E-state index < -0.39 is 0 Å². The van der Waals surface area contributed by atoms with E-state index in [-0.39, 0.29) is 6.71 Å². The Morgan fingerprint density at radius 2 is 1.08 bits per heavy atom. The quantitative estimate of drug-likeness (QED) is 0.149.